The molecule has 0 bridgehead atoms. The Hall–Kier alpha value is -1.36. The van der Waals surface area contributed by atoms with Crippen LogP contribution in [0, 0.1) is 11.3 Å². The van der Waals surface area contributed by atoms with Crippen LogP contribution in [0.4, 0.5) is 0 Å². The topological polar surface area (TPSA) is 45.2 Å². The number of pyridine rings is 1. The number of hydrogen-bond acceptors (Lipinski definition) is 3. The molecule has 1 saturated heterocycles. The number of likely N-dealkylation sites (tertiary alicyclic amines) is 1. The summed E-state index contributed by atoms with van der Waals surface area (Å²) in [5, 5.41) is 4.38. The molecule has 30 heavy (non-hydrogen) atoms. The van der Waals surface area contributed by atoms with Gasteiger partial charge in [-0.1, -0.05) is 39.0 Å². The number of piperidine rings is 1. The zero-order valence-corrected chi connectivity index (χ0v) is 20.2. The van der Waals surface area contributed by atoms with Gasteiger partial charge in [0.25, 0.3) is 5.91 Å². The van der Waals surface area contributed by atoms with Gasteiger partial charge < -0.3 is 10.2 Å². The number of benzene rings is 1. The maximum Gasteiger partial charge on any atom is 0.254 e. The Morgan fingerprint density at radius 1 is 1.10 bits per heavy atom. The molecule has 1 fully saturated rings. The van der Waals surface area contributed by atoms with E-state index in [2.05, 4.69) is 43.1 Å². The number of nitrogens with one attached hydrogen (secondary N) is 1. The first kappa shape index (κ1) is 24.9. The lowest BCUT2D eigenvalue weighted by Crippen LogP contribution is -2.44. The van der Waals surface area contributed by atoms with Gasteiger partial charge in [-0.15, -0.1) is 24.8 Å². The molecule has 6 heteroatoms. The molecule has 1 aromatic heterocycles. The minimum absolute atomic E-state index is 0. The average Bonchev–Trinajstić information content (AvgIpc) is 2.70. The first-order valence-electron chi connectivity index (χ1n) is 10.8. The van der Waals surface area contributed by atoms with Crippen molar-refractivity contribution < 1.29 is 4.79 Å². The maximum absolute atomic E-state index is 13.7. The second-order valence-electron chi connectivity index (χ2n) is 9.59. The predicted octanol–water partition coefficient (Wildman–Crippen LogP) is 5.05. The number of carbonyl (C=O) groups excluding carboxylic acids is 1. The predicted molar refractivity (Wildman–Crippen MR) is 129 cm³/mol. The SMILES string of the molecule is CNC1CCN(C(=O)c2c3c(nc4ccccc24)CCC(C(C)(C)C)C3)CC1.Cl.Cl. The molecule has 4 nitrogen and oxygen atoms in total. The van der Waals surface area contributed by atoms with Crippen molar-refractivity contribution in [2.75, 3.05) is 20.1 Å². The second-order valence-corrected chi connectivity index (χ2v) is 9.59. The first-order valence-corrected chi connectivity index (χ1v) is 10.8. The van der Waals surface area contributed by atoms with Crippen LogP contribution in [0.2, 0.25) is 0 Å². The Kier molecular flexibility index (Phi) is 8.17. The molecule has 2 aliphatic rings. The number of hydrogen-bond donors (Lipinski definition) is 1. The number of halogens is 2. The Labute approximate surface area is 193 Å². The van der Waals surface area contributed by atoms with Crippen LogP contribution in [0.15, 0.2) is 24.3 Å². The molecule has 1 amide bonds. The number of amides is 1. The minimum atomic E-state index is 0. The summed E-state index contributed by atoms with van der Waals surface area (Å²) in [5.74, 6) is 0.795. The molecule has 1 aliphatic heterocycles. The van der Waals surface area contributed by atoms with Crippen LogP contribution in [-0.2, 0) is 12.8 Å². The Morgan fingerprint density at radius 2 is 1.77 bits per heavy atom. The van der Waals surface area contributed by atoms with Crippen molar-refractivity contribution >= 4 is 41.6 Å². The summed E-state index contributed by atoms with van der Waals surface area (Å²) in [7, 11) is 2.02. The quantitative estimate of drug-likeness (QED) is 0.694. The van der Waals surface area contributed by atoms with Crippen LogP contribution in [0.5, 0.6) is 0 Å². The highest BCUT2D eigenvalue weighted by Gasteiger charge is 2.34. The Balaban J connectivity index is 0.00000160. The summed E-state index contributed by atoms with van der Waals surface area (Å²) in [6.07, 6.45) is 5.15. The molecule has 0 saturated carbocycles. The van der Waals surface area contributed by atoms with Crippen molar-refractivity contribution in [1.82, 2.24) is 15.2 Å². The van der Waals surface area contributed by atoms with E-state index < -0.39 is 0 Å². The molecule has 1 aliphatic carbocycles. The lowest BCUT2D eigenvalue weighted by molar-refractivity contribution is 0.0706. The molecular formula is C24H35Cl2N3O. The Bertz CT molecular complexity index is 886. The van der Waals surface area contributed by atoms with Gasteiger partial charge in [0, 0.05) is 30.2 Å². The van der Waals surface area contributed by atoms with Crippen molar-refractivity contribution in [3.8, 4) is 0 Å². The number of rotatable bonds is 2. The number of aromatic nitrogens is 1. The number of nitrogens with zero attached hydrogens (tertiary/aromatic N) is 2. The smallest absolute Gasteiger partial charge is 0.254 e. The molecule has 1 unspecified atom stereocenters. The van der Waals surface area contributed by atoms with E-state index in [0.717, 1.165) is 67.4 Å². The highest BCUT2D eigenvalue weighted by Crippen LogP contribution is 2.39. The molecule has 2 aromatic rings. The first-order chi connectivity index (χ1) is 13.4. The number of para-hydroxylation sites is 1. The van der Waals surface area contributed by atoms with Gasteiger partial charge in [-0.3, -0.25) is 9.78 Å². The third-order valence-corrected chi connectivity index (χ3v) is 6.89. The van der Waals surface area contributed by atoms with Gasteiger partial charge >= 0.3 is 0 Å². The van der Waals surface area contributed by atoms with Crippen LogP contribution in [-0.4, -0.2) is 42.0 Å². The van der Waals surface area contributed by atoms with Crippen molar-refractivity contribution in [1.29, 1.82) is 0 Å². The van der Waals surface area contributed by atoms with Crippen LogP contribution in [0.25, 0.3) is 10.9 Å². The van der Waals surface area contributed by atoms with Gasteiger partial charge in [-0.05, 0) is 62.1 Å². The molecule has 0 spiro atoms. The molecule has 1 aromatic carbocycles. The number of fused-ring (bicyclic) bond motifs is 2. The normalized spacial score (nSPS) is 19.6. The van der Waals surface area contributed by atoms with Crippen LogP contribution in [0.3, 0.4) is 0 Å². The van der Waals surface area contributed by atoms with Gasteiger partial charge in [-0.25, -0.2) is 0 Å². The lowest BCUT2D eigenvalue weighted by Gasteiger charge is -2.37. The fourth-order valence-corrected chi connectivity index (χ4v) is 4.90. The zero-order chi connectivity index (χ0) is 19.9. The largest absolute Gasteiger partial charge is 0.339 e. The van der Waals surface area contributed by atoms with Gasteiger partial charge in [0.1, 0.15) is 0 Å². The van der Waals surface area contributed by atoms with E-state index in [-0.39, 0.29) is 36.1 Å². The van der Waals surface area contributed by atoms with Crippen LogP contribution < -0.4 is 5.32 Å². The van der Waals surface area contributed by atoms with Crippen molar-refractivity contribution in [2.24, 2.45) is 11.3 Å². The minimum Gasteiger partial charge on any atom is -0.339 e. The van der Waals surface area contributed by atoms with Crippen molar-refractivity contribution in [3.63, 3.8) is 0 Å². The van der Waals surface area contributed by atoms with Gasteiger partial charge in [0.2, 0.25) is 0 Å². The van der Waals surface area contributed by atoms with E-state index in [0.29, 0.717) is 12.0 Å². The van der Waals surface area contributed by atoms with E-state index in [1.54, 1.807) is 0 Å². The second kappa shape index (κ2) is 9.84. The third kappa shape index (κ3) is 4.76. The zero-order valence-electron chi connectivity index (χ0n) is 18.5. The maximum atomic E-state index is 13.7. The van der Waals surface area contributed by atoms with E-state index in [1.165, 1.54) is 5.56 Å². The highest BCUT2D eigenvalue weighted by molar-refractivity contribution is 6.07. The van der Waals surface area contributed by atoms with E-state index in [4.69, 9.17) is 4.98 Å². The van der Waals surface area contributed by atoms with Gasteiger partial charge in [0.15, 0.2) is 0 Å². The Morgan fingerprint density at radius 3 is 2.40 bits per heavy atom. The molecule has 1 N–H and O–H groups in total. The number of carbonyl (C=O) groups is 1. The summed E-state index contributed by atoms with van der Waals surface area (Å²) in [6.45, 7) is 8.63. The molecule has 0 radical (unpaired) electrons. The molecule has 1 atom stereocenters. The molecule has 166 valence electrons. The molecule has 4 rings (SSSR count). The monoisotopic (exact) mass is 451 g/mol. The average molecular weight is 452 g/mol. The van der Waals surface area contributed by atoms with Crippen LogP contribution in [0.1, 0.15) is 61.6 Å². The highest BCUT2D eigenvalue weighted by atomic mass is 35.5. The van der Waals surface area contributed by atoms with Gasteiger partial charge in [0.05, 0.1) is 11.1 Å². The van der Waals surface area contributed by atoms with Gasteiger partial charge in [-0.2, -0.15) is 0 Å². The van der Waals surface area contributed by atoms with E-state index >= 15 is 0 Å². The summed E-state index contributed by atoms with van der Waals surface area (Å²) in [5.41, 5.74) is 4.49. The summed E-state index contributed by atoms with van der Waals surface area (Å²) >= 11 is 0. The molecular weight excluding hydrogens is 417 g/mol. The standard InChI is InChI=1S/C24H33N3O.2ClH/c1-24(2,3)16-9-10-21-19(15-16)22(18-7-5-6-8-20(18)26-21)23(28)27-13-11-17(25-4)12-14-27;;/h5-8,16-17,25H,9-15H2,1-4H3;2*1H. The van der Waals surface area contributed by atoms with E-state index in [1.807, 2.05) is 19.2 Å². The lowest BCUT2D eigenvalue weighted by atomic mass is 9.70. The molecule has 2 heterocycles. The van der Waals surface area contributed by atoms with Crippen LogP contribution >= 0.6 is 24.8 Å². The summed E-state index contributed by atoms with van der Waals surface area (Å²) in [6, 6.07) is 8.71. The summed E-state index contributed by atoms with van der Waals surface area (Å²) < 4.78 is 0. The fourth-order valence-electron chi connectivity index (χ4n) is 4.90. The van der Waals surface area contributed by atoms with Crippen molar-refractivity contribution in [2.45, 2.75) is 58.9 Å². The fraction of sp³-hybridized carbons (Fsp3) is 0.583. The summed E-state index contributed by atoms with van der Waals surface area (Å²) in [4.78, 5) is 20.7. The number of aryl methyl sites for hydroxylation is 1. The third-order valence-electron chi connectivity index (χ3n) is 6.89. The van der Waals surface area contributed by atoms with Crippen molar-refractivity contribution in [3.05, 3.63) is 41.1 Å². The van der Waals surface area contributed by atoms with E-state index in [9.17, 15) is 4.79 Å².